The van der Waals surface area contributed by atoms with Crippen molar-refractivity contribution >= 4 is 96.9 Å². The summed E-state index contributed by atoms with van der Waals surface area (Å²) >= 11 is 2.38. The van der Waals surface area contributed by atoms with Gasteiger partial charge in [0.05, 0.1) is 29.7 Å². The van der Waals surface area contributed by atoms with Crippen LogP contribution in [0.1, 0.15) is 19.8 Å². The van der Waals surface area contributed by atoms with Crippen LogP contribution >= 0.6 is 23.4 Å². The number of ether oxygens (including phenoxy) is 1. The number of esters is 1. The van der Waals surface area contributed by atoms with Gasteiger partial charge in [0.1, 0.15) is 12.0 Å². The zero-order chi connectivity index (χ0) is 14.4. The van der Waals surface area contributed by atoms with Crippen LogP contribution in [-0.4, -0.2) is 74.9 Å². The van der Waals surface area contributed by atoms with Gasteiger partial charge in [-0.1, -0.05) is 12.1 Å². The number of benzene rings is 1. The number of rotatable bonds is 6. The molecule has 2 aromatic rings. The van der Waals surface area contributed by atoms with Crippen LogP contribution in [0.2, 0.25) is 0 Å². The maximum atomic E-state index is 11.5. The molecule has 0 atom stereocenters. The molecular weight excluding hydrogens is 337 g/mol. The number of fused-ring (bicyclic) bond motifs is 1. The average molecular weight is 351 g/mol. The Hall–Kier alpha value is 0.0364. The van der Waals surface area contributed by atoms with Crippen LogP contribution in [0.4, 0.5) is 0 Å². The number of nitrogens with zero attached hydrogens (tertiary/aromatic N) is 1. The van der Waals surface area contributed by atoms with Crippen LogP contribution in [0.3, 0.4) is 0 Å². The van der Waals surface area contributed by atoms with Crippen molar-refractivity contribution in [3.8, 4) is 0 Å². The Balaban J connectivity index is 0.00000220. The summed E-state index contributed by atoms with van der Waals surface area (Å²) in [4.78, 5) is 26.9. The summed E-state index contributed by atoms with van der Waals surface area (Å²) in [6.07, 6.45) is 0.0454. The van der Waals surface area contributed by atoms with Gasteiger partial charge >= 0.3 is 63.3 Å². The molecule has 0 aliphatic rings. The predicted molar refractivity (Wildman–Crippen MR) is 84.6 cm³/mol. The number of carbonyl (C=O) groups excluding carboxylic acids is 2. The van der Waals surface area contributed by atoms with E-state index in [4.69, 9.17) is 8.92 Å². The van der Waals surface area contributed by atoms with Crippen molar-refractivity contribution in [2.75, 3.05) is 6.61 Å². The SMILES string of the molecule is CCOC(=O)CCC(=O)OSc1nc2ccccc2s1.[KH]. The molecule has 0 unspecified atom stereocenters. The molecule has 2 rings (SSSR count). The second-order valence-electron chi connectivity index (χ2n) is 3.79. The zero-order valence-electron chi connectivity index (χ0n) is 10.8. The van der Waals surface area contributed by atoms with E-state index in [9.17, 15) is 9.59 Å². The van der Waals surface area contributed by atoms with Crippen molar-refractivity contribution < 1.29 is 18.5 Å². The third kappa shape index (κ3) is 6.35. The van der Waals surface area contributed by atoms with Crippen LogP contribution < -0.4 is 0 Å². The first-order valence-corrected chi connectivity index (χ1v) is 7.63. The van der Waals surface area contributed by atoms with E-state index in [-0.39, 0.29) is 64.2 Å². The van der Waals surface area contributed by atoms with Crippen molar-refractivity contribution in [2.45, 2.75) is 24.1 Å². The molecule has 21 heavy (non-hydrogen) atoms. The van der Waals surface area contributed by atoms with Gasteiger partial charge < -0.3 is 8.92 Å². The summed E-state index contributed by atoms with van der Waals surface area (Å²) < 4.78 is 11.4. The summed E-state index contributed by atoms with van der Waals surface area (Å²) in [6.45, 7) is 2.04. The van der Waals surface area contributed by atoms with E-state index in [2.05, 4.69) is 4.98 Å². The number of hydrogen-bond donors (Lipinski definition) is 0. The van der Waals surface area contributed by atoms with Crippen molar-refractivity contribution in [1.29, 1.82) is 0 Å². The number of aromatic nitrogens is 1. The van der Waals surface area contributed by atoms with E-state index in [1.165, 1.54) is 11.3 Å². The molecule has 0 bridgehead atoms. The Labute approximate surface area is 173 Å². The number of para-hydroxylation sites is 1. The van der Waals surface area contributed by atoms with E-state index in [1.54, 1.807) is 6.92 Å². The zero-order valence-corrected chi connectivity index (χ0v) is 12.5. The summed E-state index contributed by atoms with van der Waals surface area (Å²) in [5, 5.41) is 0. The molecule has 0 N–H and O–H groups in total. The molecule has 0 amide bonds. The second-order valence-corrected chi connectivity index (χ2v) is 5.80. The van der Waals surface area contributed by atoms with Gasteiger partial charge in [-0.05, 0) is 19.1 Å². The van der Waals surface area contributed by atoms with E-state index in [0.717, 1.165) is 22.3 Å². The van der Waals surface area contributed by atoms with E-state index in [0.29, 0.717) is 10.9 Å². The maximum absolute atomic E-state index is 11.5. The van der Waals surface area contributed by atoms with Crippen LogP contribution in [0.5, 0.6) is 0 Å². The van der Waals surface area contributed by atoms with Gasteiger partial charge in [0.2, 0.25) is 0 Å². The fraction of sp³-hybridized carbons (Fsp3) is 0.308. The number of thiazole rings is 1. The Morgan fingerprint density at radius 2 is 1.95 bits per heavy atom. The first kappa shape index (κ1) is 19.1. The molecule has 0 radical (unpaired) electrons. The quantitative estimate of drug-likeness (QED) is 0.453. The molecule has 1 aromatic carbocycles. The third-order valence-corrected chi connectivity index (χ3v) is 4.11. The van der Waals surface area contributed by atoms with Crippen LogP contribution in [0, 0.1) is 0 Å². The minimum atomic E-state index is -0.456. The summed E-state index contributed by atoms with van der Waals surface area (Å²) in [5.41, 5.74) is 0.877. The topological polar surface area (TPSA) is 65.5 Å². The Morgan fingerprint density at radius 1 is 1.24 bits per heavy atom. The van der Waals surface area contributed by atoms with Gasteiger partial charge in [-0.25, -0.2) is 4.98 Å². The summed E-state index contributed by atoms with van der Waals surface area (Å²) in [5.74, 6) is -0.850. The Morgan fingerprint density at radius 3 is 2.67 bits per heavy atom. The monoisotopic (exact) mass is 351 g/mol. The van der Waals surface area contributed by atoms with Crippen LogP contribution in [-0.2, 0) is 18.5 Å². The molecule has 1 heterocycles. The van der Waals surface area contributed by atoms with Gasteiger partial charge in [-0.3, -0.25) is 9.59 Å². The van der Waals surface area contributed by atoms with E-state index < -0.39 is 11.9 Å². The molecule has 0 saturated carbocycles. The molecule has 0 spiro atoms. The van der Waals surface area contributed by atoms with Crippen LogP contribution in [0.15, 0.2) is 28.6 Å². The van der Waals surface area contributed by atoms with Gasteiger partial charge in [-0.15, -0.1) is 11.3 Å². The van der Waals surface area contributed by atoms with Gasteiger partial charge in [0, 0.05) is 0 Å². The number of hydrogen-bond acceptors (Lipinski definition) is 7. The molecule has 1 aromatic heterocycles. The van der Waals surface area contributed by atoms with Gasteiger partial charge in [0.15, 0.2) is 4.34 Å². The third-order valence-electron chi connectivity index (χ3n) is 2.32. The fourth-order valence-electron chi connectivity index (χ4n) is 1.45. The second kappa shape index (κ2) is 9.93. The first-order valence-electron chi connectivity index (χ1n) is 6.07. The molecular formula is C13H14KNO4S2. The Kier molecular flexibility index (Phi) is 9.03. The Bertz CT molecular complexity index is 584. The normalized spacial score (nSPS) is 9.95. The van der Waals surface area contributed by atoms with Gasteiger partial charge in [0.25, 0.3) is 0 Å². The molecule has 8 heteroatoms. The molecule has 108 valence electrons. The van der Waals surface area contributed by atoms with Crippen molar-refractivity contribution in [3.63, 3.8) is 0 Å². The summed E-state index contributed by atoms with van der Waals surface area (Å²) in [6, 6.07) is 7.69. The van der Waals surface area contributed by atoms with E-state index in [1.807, 2.05) is 24.3 Å². The first-order chi connectivity index (χ1) is 9.69. The molecule has 0 aliphatic carbocycles. The fourth-order valence-corrected chi connectivity index (χ4v) is 3.04. The minimum absolute atomic E-state index is 0. The van der Waals surface area contributed by atoms with Crippen molar-refractivity contribution in [2.24, 2.45) is 0 Å². The van der Waals surface area contributed by atoms with Crippen LogP contribution in [0.25, 0.3) is 10.2 Å². The predicted octanol–water partition coefficient (Wildman–Crippen LogP) is 2.54. The average Bonchev–Trinajstić information content (AvgIpc) is 2.86. The molecule has 0 aliphatic heterocycles. The van der Waals surface area contributed by atoms with E-state index >= 15 is 0 Å². The van der Waals surface area contributed by atoms with Gasteiger partial charge in [-0.2, -0.15) is 0 Å². The van der Waals surface area contributed by atoms with Crippen molar-refractivity contribution in [3.05, 3.63) is 24.3 Å². The standard InChI is InChI=1S/C13H13NO4S2.K.H/c1-2-17-11(15)7-8-12(16)18-20-13-14-9-5-3-4-6-10(9)19-13;;/h3-6H,2,7-8H2,1H3;;. The molecule has 0 fully saturated rings. The summed E-state index contributed by atoms with van der Waals surface area (Å²) in [7, 11) is 0. The molecule has 0 saturated heterocycles. The van der Waals surface area contributed by atoms with Crippen molar-refractivity contribution in [1.82, 2.24) is 4.98 Å². The number of carbonyl (C=O) groups is 2. The molecule has 5 nitrogen and oxygen atoms in total.